The highest BCUT2D eigenvalue weighted by atomic mass is 16.5. The van der Waals surface area contributed by atoms with Crippen molar-refractivity contribution in [2.24, 2.45) is 0 Å². The van der Waals surface area contributed by atoms with Gasteiger partial charge in [0.2, 0.25) is 5.91 Å². The normalized spacial score (nSPS) is 12.0. The molecule has 4 nitrogen and oxygen atoms in total. The smallest absolute Gasteiger partial charge is 0.224 e. The molecule has 0 heterocycles. The standard InChI is InChI=1S/C20H25NO3/c1-14(2)24-17-9-6-8-16(11-17)12-20(23)21-13-19(22)18-10-5-4-7-15(18)3/h4-11,14,19,22H,12-13H2,1-3H3,(H,21,23). The van der Waals surface area contributed by atoms with Crippen LogP contribution >= 0.6 is 0 Å². The molecule has 0 fully saturated rings. The van der Waals surface area contributed by atoms with Crippen LogP contribution in [-0.2, 0) is 11.2 Å². The molecule has 2 aromatic rings. The SMILES string of the molecule is Cc1ccccc1C(O)CNC(=O)Cc1cccc(OC(C)C)c1. The molecule has 0 aromatic heterocycles. The van der Waals surface area contributed by atoms with E-state index in [1.54, 1.807) is 0 Å². The number of carbonyl (C=O) groups excluding carboxylic acids is 1. The second kappa shape index (κ2) is 8.50. The van der Waals surface area contributed by atoms with Crippen molar-refractivity contribution in [3.8, 4) is 5.75 Å². The van der Waals surface area contributed by atoms with E-state index in [-0.39, 0.29) is 25.0 Å². The number of ether oxygens (including phenoxy) is 1. The van der Waals surface area contributed by atoms with Gasteiger partial charge in [0.05, 0.1) is 18.6 Å². The van der Waals surface area contributed by atoms with Gasteiger partial charge in [-0.1, -0.05) is 36.4 Å². The Balaban J connectivity index is 1.88. The first-order valence-electron chi connectivity index (χ1n) is 8.21. The molecule has 0 spiro atoms. The van der Waals surface area contributed by atoms with Crippen molar-refractivity contribution < 1.29 is 14.6 Å². The zero-order chi connectivity index (χ0) is 17.5. The number of hydrogen-bond acceptors (Lipinski definition) is 3. The lowest BCUT2D eigenvalue weighted by Crippen LogP contribution is -2.29. The molecule has 0 aliphatic heterocycles. The molecule has 0 aliphatic carbocycles. The number of aliphatic hydroxyl groups excluding tert-OH is 1. The quantitative estimate of drug-likeness (QED) is 0.821. The summed E-state index contributed by atoms with van der Waals surface area (Å²) >= 11 is 0. The molecule has 0 aliphatic rings. The van der Waals surface area contributed by atoms with Crippen molar-refractivity contribution >= 4 is 5.91 Å². The summed E-state index contributed by atoms with van der Waals surface area (Å²) in [5.74, 6) is 0.638. The maximum absolute atomic E-state index is 12.1. The molecular formula is C20H25NO3. The van der Waals surface area contributed by atoms with Gasteiger partial charge in [-0.05, 0) is 49.6 Å². The molecule has 2 N–H and O–H groups in total. The van der Waals surface area contributed by atoms with Gasteiger partial charge in [-0.15, -0.1) is 0 Å². The van der Waals surface area contributed by atoms with E-state index in [9.17, 15) is 9.90 Å². The molecule has 2 rings (SSSR count). The molecule has 0 saturated carbocycles. The summed E-state index contributed by atoms with van der Waals surface area (Å²) in [7, 11) is 0. The molecule has 0 radical (unpaired) electrons. The third-order valence-electron chi connectivity index (χ3n) is 3.67. The summed E-state index contributed by atoms with van der Waals surface area (Å²) in [5.41, 5.74) is 2.74. The van der Waals surface area contributed by atoms with Crippen molar-refractivity contribution in [2.75, 3.05) is 6.54 Å². The molecule has 128 valence electrons. The molecular weight excluding hydrogens is 302 g/mol. The van der Waals surface area contributed by atoms with Crippen LogP contribution in [-0.4, -0.2) is 23.7 Å². The number of amides is 1. The minimum atomic E-state index is -0.703. The predicted molar refractivity (Wildman–Crippen MR) is 95.1 cm³/mol. The Morgan fingerprint density at radius 2 is 1.92 bits per heavy atom. The van der Waals surface area contributed by atoms with Crippen LogP contribution in [0, 0.1) is 6.92 Å². The van der Waals surface area contributed by atoms with Gasteiger partial charge >= 0.3 is 0 Å². The Morgan fingerprint density at radius 3 is 2.62 bits per heavy atom. The van der Waals surface area contributed by atoms with E-state index in [0.29, 0.717) is 0 Å². The average Bonchev–Trinajstić information content (AvgIpc) is 2.53. The van der Waals surface area contributed by atoms with Crippen LogP contribution in [0.15, 0.2) is 48.5 Å². The number of hydrogen-bond donors (Lipinski definition) is 2. The lowest BCUT2D eigenvalue weighted by atomic mass is 10.0. The Morgan fingerprint density at radius 1 is 1.17 bits per heavy atom. The van der Waals surface area contributed by atoms with Crippen LogP contribution in [0.4, 0.5) is 0 Å². The van der Waals surface area contributed by atoms with Crippen LogP contribution in [0.5, 0.6) is 5.75 Å². The number of benzene rings is 2. The molecule has 1 unspecified atom stereocenters. The third kappa shape index (κ3) is 5.39. The van der Waals surface area contributed by atoms with Gasteiger partial charge in [0.1, 0.15) is 5.75 Å². The molecule has 1 atom stereocenters. The van der Waals surface area contributed by atoms with Gasteiger partial charge in [0, 0.05) is 6.54 Å². The average molecular weight is 327 g/mol. The summed E-state index contributed by atoms with van der Waals surface area (Å²) < 4.78 is 5.63. The summed E-state index contributed by atoms with van der Waals surface area (Å²) in [6.07, 6.45) is -0.348. The van der Waals surface area contributed by atoms with E-state index >= 15 is 0 Å². The zero-order valence-electron chi connectivity index (χ0n) is 14.5. The van der Waals surface area contributed by atoms with E-state index in [0.717, 1.165) is 22.4 Å². The highest BCUT2D eigenvalue weighted by Crippen LogP contribution is 2.17. The van der Waals surface area contributed by atoms with Crippen molar-refractivity contribution in [1.82, 2.24) is 5.32 Å². The molecule has 1 amide bonds. The van der Waals surface area contributed by atoms with Crippen molar-refractivity contribution in [3.05, 3.63) is 65.2 Å². The van der Waals surface area contributed by atoms with E-state index in [1.807, 2.05) is 69.3 Å². The first-order chi connectivity index (χ1) is 11.5. The maximum atomic E-state index is 12.1. The third-order valence-corrected chi connectivity index (χ3v) is 3.67. The van der Waals surface area contributed by atoms with Gasteiger partial charge in [-0.25, -0.2) is 0 Å². The Kier molecular flexibility index (Phi) is 6.38. The Bertz CT molecular complexity index is 682. The number of aryl methyl sites for hydroxylation is 1. The number of carbonyl (C=O) groups is 1. The first kappa shape index (κ1) is 18.0. The second-order valence-corrected chi connectivity index (χ2v) is 6.17. The van der Waals surface area contributed by atoms with Crippen LogP contribution in [0.25, 0.3) is 0 Å². The van der Waals surface area contributed by atoms with Crippen molar-refractivity contribution in [1.29, 1.82) is 0 Å². The van der Waals surface area contributed by atoms with Crippen LogP contribution in [0.1, 0.15) is 36.6 Å². The lowest BCUT2D eigenvalue weighted by Gasteiger charge is -2.15. The van der Waals surface area contributed by atoms with Gasteiger partial charge in [-0.2, -0.15) is 0 Å². The van der Waals surface area contributed by atoms with Gasteiger partial charge < -0.3 is 15.2 Å². The van der Waals surface area contributed by atoms with Crippen LogP contribution < -0.4 is 10.1 Å². The fourth-order valence-electron chi connectivity index (χ4n) is 2.53. The van der Waals surface area contributed by atoms with Crippen LogP contribution in [0.2, 0.25) is 0 Å². The molecule has 0 saturated heterocycles. The number of aliphatic hydroxyl groups is 1. The van der Waals surface area contributed by atoms with E-state index in [4.69, 9.17) is 4.74 Å². The van der Waals surface area contributed by atoms with Gasteiger partial charge in [0.15, 0.2) is 0 Å². The minimum absolute atomic E-state index is 0.0957. The fraction of sp³-hybridized carbons (Fsp3) is 0.350. The van der Waals surface area contributed by atoms with Crippen molar-refractivity contribution in [2.45, 2.75) is 39.4 Å². The zero-order valence-corrected chi connectivity index (χ0v) is 14.5. The number of nitrogens with one attached hydrogen (secondary N) is 1. The van der Waals surface area contributed by atoms with E-state index in [2.05, 4.69) is 5.32 Å². The van der Waals surface area contributed by atoms with Crippen molar-refractivity contribution in [3.63, 3.8) is 0 Å². The second-order valence-electron chi connectivity index (χ2n) is 6.17. The Hall–Kier alpha value is -2.33. The monoisotopic (exact) mass is 327 g/mol. The number of rotatable bonds is 7. The largest absolute Gasteiger partial charge is 0.491 e. The summed E-state index contributed by atoms with van der Waals surface area (Å²) in [6.45, 7) is 6.07. The predicted octanol–water partition coefficient (Wildman–Crippen LogP) is 3.17. The molecule has 24 heavy (non-hydrogen) atoms. The Labute approximate surface area is 143 Å². The molecule has 4 heteroatoms. The van der Waals surface area contributed by atoms with Gasteiger partial charge in [-0.3, -0.25) is 4.79 Å². The lowest BCUT2D eigenvalue weighted by molar-refractivity contribution is -0.120. The maximum Gasteiger partial charge on any atom is 0.224 e. The fourth-order valence-corrected chi connectivity index (χ4v) is 2.53. The highest BCUT2D eigenvalue weighted by molar-refractivity contribution is 5.78. The van der Waals surface area contributed by atoms with Gasteiger partial charge in [0.25, 0.3) is 0 Å². The topological polar surface area (TPSA) is 58.6 Å². The molecule has 0 bridgehead atoms. The summed E-state index contributed by atoms with van der Waals surface area (Å²) in [5, 5.41) is 13.0. The first-order valence-corrected chi connectivity index (χ1v) is 8.21. The highest BCUT2D eigenvalue weighted by Gasteiger charge is 2.12. The minimum Gasteiger partial charge on any atom is -0.491 e. The summed E-state index contributed by atoms with van der Waals surface area (Å²) in [4.78, 5) is 12.1. The van der Waals surface area contributed by atoms with E-state index in [1.165, 1.54) is 0 Å². The molecule has 2 aromatic carbocycles. The van der Waals surface area contributed by atoms with E-state index < -0.39 is 6.10 Å². The van der Waals surface area contributed by atoms with Crippen LogP contribution in [0.3, 0.4) is 0 Å². The summed E-state index contributed by atoms with van der Waals surface area (Å²) in [6, 6.07) is 15.1.